The molecular formula is C34H53F2N7O3. The summed E-state index contributed by atoms with van der Waals surface area (Å²) >= 11 is 0. The van der Waals surface area contributed by atoms with Gasteiger partial charge in [0.2, 0.25) is 5.91 Å². The van der Waals surface area contributed by atoms with Gasteiger partial charge in [0.25, 0.3) is 6.43 Å². The number of aliphatic carboxylic acids is 1. The van der Waals surface area contributed by atoms with Crippen molar-refractivity contribution in [2.45, 2.75) is 103 Å². The number of aryl methyl sites for hydroxylation is 1. The van der Waals surface area contributed by atoms with Crippen molar-refractivity contribution in [3.8, 4) is 0 Å². The second-order valence-electron chi connectivity index (χ2n) is 12.1. The highest BCUT2D eigenvalue weighted by Crippen LogP contribution is 2.38. The van der Waals surface area contributed by atoms with Gasteiger partial charge in [-0.3, -0.25) is 9.59 Å². The SMILES string of the molecule is CCC(CCNC(=O)CCCCCCCC(=O)O)NC1=C(C(N)N2CCCc3cc(/C(C=N)=C/NC)c(C(F)F)cc32)CNCC1. The van der Waals surface area contributed by atoms with Gasteiger partial charge in [0.05, 0.1) is 0 Å². The molecule has 2 heterocycles. The van der Waals surface area contributed by atoms with E-state index in [0.717, 1.165) is 93.1 Å². The molecule has 0 aliphatic carbocycles. The molecule has 0 spiro atoms. The number of unbranched alkanes of at least 4 members (excludes halogenated alkanes) is 4. The van der Waals surface area contributed by atoms with Gasteiger partial charge in [0, 0.05) is 87.0 Å². The monoisotopic (exact) mass is 645 g/mol. The van der Waals surface area contributed by atoms with Crippen molar-refractivity contribution < 1.29 is 23.5 Å². The Morgan fingerprint density at radius 3 is 2.57 bits per heavy atom. The first-order valence-electron chi connectivity index (χ1n) is 16.7. The number of carboxylic acids is 1. The van der Waals surface area contributed by atoms with Crippen molar-refractivity contribution in [3.63, 3.8) is 0 Å². The number of carbonyl (C=O) groups is 2. The number of hydrogen-bond acceptors (Lipinski definition) is 8. The Morgan fingerprint density at radius 1 is 1.15 bits per heavy atom. The van der Waals surface area contributed by atoms with E-state index in [4.69, 9.17) is 16.2 Å². The fraction of sp³-hybridized carbons (Fsp3) is 0.618. The van der Waals surface area contributed by atoms with Gasteiger partial charge in [-0.15, -0.1) is 0 Å². The molecule has 0 bridgehead atoms. The number of halogens is 2. The first-order chi connectivity index (χ1) is 22.2. The van der Waals surface area contributed by atoms with Crippen LogP contribution in [0, 0.1) is 5.41 Å². The van der Waals surface area contributed by atoms with Gasteiger partial charge in [0.15, 0.2) is 0 Å². The summed E-state index contributed by atoms with van der Waals surface area (Å²) in [7, 11) is 1.68. The molecular weight excluding hydrogens is 592 g/mol. The minimum atomic E-state index is -2.70. The summed E-state index contributed by atoms with van der Waals surface area (Å²) in [6, 6.07) is 3.49. The highest BCUT2D eigenvalue weighted by Gasteiger charge is 2.30. The molecule has 3 rings (SSSR count). The van der Waals surface area contributed by atoms with Crippen molar-refractivity contribution in [1.82, 2.24) is 21.3 Å². The van der Waals surface area contributed by atoms with Gasteiger partial charge >= 0.3 is 5.97 Å². The molecule has 2 aliphatic rings. The summed E-state index contributed by atoms with van der Waals surface area (Å²) < 4.78 is 28.6. The lowest BCUT2D eigenvalue weighted by atomic mass is 9.91. The van der Waals surface area contributed by atoms with Gasteiger partial charge in [-0.25, -0.2) is 8.78 Å². The van der Waals surface area contributed by atoms with Crippen LogP contribution in [0.5, 0.6) is 0 Å². The molecule has 10 nitrogen and oxygen atoms in total. The standard InChI is InChI=1S/C34H53F2N7O3/c1-3-25(13-16-41-31(44)11-7-5-4-6-8-12-32(45)46)42-29-14-15-40-22-28(29)34(38)43-17-9-10-23-18-26(24(20-37)21-39-2)27(33(35)36)19-30(23)43/h18-21,25,33-34,37,39-40,42H,3-17,22,38H2,1-2H3,(H,41,44)(H,45,46)/b24-21+,37-20?. The van der Waals surface area contributed by atoms with Crippen LogP contribution in [0.15, 0.2) is 29.6 Å². The van der Waals surface area contributed by atoms with Crippen LogP contribution in [-0.2, 0) is 16.0 Å². The molecule has 0 saturated heterocycles. The van der Waals surface area contributed by atoms with E-state index < -0.39 is 18.6 Å². The van der Waals surface area contributed by atoms with E-state index in [1.54, 1.807) is 25.4 Å². The second-order valence-corrected chi connectivity index (χ2v) is 12.1. The normalized spacial score (nSPS) is 16.6. The molecule has 2 atom stereocenters. The molecule has 2 unspecified atom stereocenters. The van der Waals surface area contributed by atoms with Crippen molar-refractivity contribution in [3.05, 3.63) is 46.3 Å². The van der Waals surface area contributed by atoms with Crippen LogP contribution in [0.25, 0.3) is 5.57 Å². The number of nitrogens with zero attached hydrogens (tertiary/aromatic N) is 1. The summed E-state index contributed by atoms with van der Waals surface area (Å²) in [5, 5.41) is 29.5. The van der Waals surface area contributed by atoms with Crippen molar-refractivity contribution >= 4 is 29.4 Å². The van der Waals surface area contributed by atoms with Crippen LogP contribution in [0.2, 0.25) is 0 Å². The summed E-state index contributed by atoms with van der Waals surface area (Å²) in [6.45, 7) is 4.74. The molecule has 1 amide bonds. The first-order valence-corrected chi connectivity index (χ1v) is 16.7. The van der Waals surface area contributed by atoms with Crippen LogP contribution in [0.3, 0.4) is 0 Å². The highest BCUT2D eigenvalue weighted by molar-refractivity contribution is 6.09. The predicted octanol–water partition coefficient (Wildman–Crippen LogP) is 4.81. The summed E-state index contributed by atoms with van der Waals surface area (Å²) in [4.78, 5) is 25.0. The summed E-state index contributed by atoms with van der Waals surface area (Å²) in [6.07, 6.45) is 8.34. The second kappa shape index (κ2) is 19.2. The molecule has 2 aliphatic heterocycles. The largest absolute Gasteiger partial charge is 0.481 e. The zero-order valence-electron chi connectivity index (χ0n) is 27.4. The molecule has 0 fully saturated rings. The quantitative estimate of drug-likeness (QED) is 0.0788. The van der Waals surface area contributed by atoms with E-state index in [-0.39, 0.29) is 23.9 Å². The average molecular weight is 646 g/mol. The Labute approximate surface area is 272 Å². The lowest BCUT2D eigenvalue weighted by Gasteiger charge is -2.40. The number of benzene rings is 1. The first kappa shape index (κ1) is 37.0. The fourth-order valence-electron chi connectivity index (χ4n) is 6.28. The number of rotatable bonds is 20. The highest BCUT2D eigenvalue weighted by atomic mass is 19.3. The third-order valence-electron chi connectivity index (χ3n) is 8.84. The van der Waals surface area contributed by atoms with Crippen molar-refractivity contribution in [1.29, 1.82) is 5.41 Å². The number of nitrogens with one attached hydrogen (secondary N) is 5. The van der Waals surface area contributed by atoms with Gasteiger partial charge in [-0.05, 0) is 73.8 Å². The number of carbonyl (C=O) groups excluding carboxylic acids is 1. The van der Waals surface area contributed by atoms with Crippen molar-refractivity contribution in [2.75, 3.05) is 38.1 Å². The third-order valence-corrected chi connectivity index (χ3v) is 8.84. The van der Waals surface area contributed by atoms with E-state index in [9.17, 15) is 18.4 Å². The van der Waals surface area contributed by atoms with Gasteiger partial charge in [0.1, 0.15) is 6.17 Å². The predicted molar refractivity (Wildman–Crippen MR) is 180 cm³/mol. The minimum Gasteiger partial charge on any atom is -0.481 e. The molecule has 0 saturated carbocycles. The number of nitrogens with two attached hydrogens (primary N) is 1. The van der Waals surface area contributed by atoms with E-state index in [2.05, 4.69) is 28.2 Å². The number of allylic oxidation sites excluding steroid dienone is 1. The van der Waals surface area contributed by atoms with Crippen LogP contribution in [-0.4, -0.2) is 68.6 Å². The Kier molecular flexibility index (Phi) is 15.4. The lowest BCUT2D eigenvalue weighted by Crippen LogP contribution is -2.51. The number of fused-ring (bicyclic) bond motifs is 1. The van der Waals surface area contributed by atoms with Crippen LogP contribution in [0.1, 0.15) is 101 Å². The van der Waals surface area contributed by atoms with Crippen LogP contribution >= 0.6 is 0 Å². The van der Waals surface area contributed by atoms with Crippen LogP contribution in [0.4, 0.5) is 14.5 Å². The number of alkyl halides is 2. The maximum absolute atomic E-state index is 14.3. The topological polar surface area (TPSA) is 156 Å². The number of anilines is 1. The molecule has 12 heteroatoms. The third kappa shape index (κ3) is 10.8. The Balaban J connectivity index is 1.65. The molecule has 256 valence electrons. The van der Waals surface area contributed by atoms with Gasteiger partial charge in [-0.1, -0.05) is 26.2 Å². The van der Waals surface area contributed by atoms with Crippen LogP contribution < -0.4 is 31.9 Å². The minimum absolute atomic E-state index is 0.0356. The molecule has 0 radical (unpaired) electrons. The molecule has 1 aromatic rings. The van der Waals surface area contributed by atoms with Gasteiger partial charge in [-0.2, -0.15) is 0 Å². The Bertz CT molecular complexity index is 1240. The van der Waals surface area contributed by atoms with E-state index in [1.807, 2.05) is 4.90 Å². The summed E-state index contributed by atoms with van der Waals surface area (Å²) in [5.74, 6) is -0.728. The molecule has 46 heavy (non-hydrogen) atoms. The number of hydrogen-bond donors (Lipinski definition) is 7. The van der Waals surface area contributed by atoms with E-state index in [1.165, 1.54) is 0 Å². The Morgan fingerprint density at radius 2 is 1.89 bits per heavy atom. The molecule has 1 aromatic carbocycles. The lowest BCUT2D eigenvalue weighted by molar-refractivity contribution is -0.137. The Hall–Kier alpha value is -3.51. The van der Waals surface area contributed by atoms with E-state index >= 15 is 0 Å². The average Bonchev–Trinajstić information content (AvgIpc) is 3.05. The van der Waals surface area contributed by atoms with Crippen molar-refractivity contribution in [2.24, 2.45) is 5.73 Å². The maximum Gasteiger partial charge on any atom is 0.303 e. The maximum atomic E-state index is 14.3. The summed E-state index contributed by atoms with van der Waals surface area (Å²) in [5.41, 5.74) is 11.4. The molecule has 0 aromatic heterocycles. The zero-order chi connectivity index (χ0) is 33.5. The molecule has 8 N–H and O–H groups in total. The van der Waals surface area contributed by atoms with E-state index in [0.29, 0.717) is 43.6 Å². The number of amides is 1. The zero-order valence-corrected chi connectivity index (χ0v) is 27.4. The van der Waals surface area contributed by atoms with Gasteiger partial charge < -0.3 is 42.4 Å². The fourth-order valence-corrected chi connectivity index (χ4v) is 6.28. The smallest absolute Gasteiger partial charge is 0.303 e. The number of carboxylic acid groups (broad SMARTS) is 1.